The molecule has 3 aromatic carbocycles. The number of hydrogen-bond donors (Lipinski definition) is 2. The highest BCUT2D eigenvalue weighted by molar-refractivity contribution is 6.05. The smallest absolute Gasteiger partial charge is 0.255 e. The summed E-state index contributed by atoms with van der Waals surface area (Å²) in [6, 6.07) is 24.6. The number of nitrogens with one attached hydrogen (secondary N) is 2. The van der Waals surface area contributed by atoms with E-state index in [0.29, 0.717) is 23.4 Å². The summed E-state index contributed by atoms with van der Waals surface area (Å²) in [6.07, 6.45) is 6.47. The van der Waals surface area contributed by atoms with Crippen LogP contribution in [-0.2, 0) is 6.42 Å². The highest BCUT2D eigenvalue weighted by Crippen LogP contribution is 2.19. The van der Waals surface area contributed by atoms with Crippen LogP contribution in [0.25, 0.3) is 0 Å². The van der Waals surface area contributed by atoms with Crippen LogP contribution in [0.3, 0.4) is 0 Å². The molecule has 5 nitrogen and oxygen atoms in total. The number of benzene rings is 3. The summed E-state index contributed by atoms with van der Waals surface area (Å²) >= 11 is 0. The standard InChI is InChI=1S/C28H30N2O3/c31-27(22-14-16-26(17-15-22)33-19-18-21-8-3-1-4-9-21)30-25-13-7-10-23(20-25)28(32)29-24-11-5-2-6-12-24/h1,3-4,7-10,13-17,20,24H,2,5-6,11-12,18-19H2,(H,29,32)(H,30,31). The van der Waals surface area contributed by atoms with E-state index in [0.717, 1.165) is 37.9 Å². The van der Waals surface area contributed by atoms with Gasteiger partial charge in [0.25, 0.3) is 11.8 Å². The van der Waals surface area contributed by atoms with Crippen LogP contribution in [0, 0.1) is 0 Å². The molecule has 1 saturated carbocycles. The lowest BCUT2D eigenvalue weighted by molar-refractivity contribution is 0.0926. The van der Waals surface area contributed by atoms with Gasteiger partial charge in [-0.25, -0.2) is 0 Å². The van der Waals surface area contributed by atoms with E-state index in [-0.39, 0.29) is 17.9 Å². The van der Waals surface area contributed by atoms with Gasteiger partial charge >= 0.3 is 0 Å². The Morgan fingerprint density at radius 1 is 0.788 bits per heavy atom. The molecule has 0 bridgehead atoms. The number of hydrogen-bond acceptors (Lipinski definition) is 3. The number of anilines is 1. The summed E-state index contributed by atoms with van der Waals surface area (Å²) in [4.78, 5) is 25.3. The Kier molecular flexibility index (Phi) is 7.75. The highest BCUT2D eigenvalue weighted by atomic mass is 16.5. The Morgan fingerprint density at radius 2 is 1.55 bits per heavy atom. The molecule has 1 aliphatic rings. The number of ether oxygens (including phenoxy) is 1. The molecule has 0 atom stereocenters. The third kappa shape index (κ3) is 6.69. The minimum absolute atomic E-state index is 0.0880. The minimum atomic E-state index is -0.226. The van der Waals surface area contributed by atoms with E-state index in [1.54, 1.807) is 48.5 Å². The monoisotopic (exact) mass is 442 g/mol. The van der Waals surface area contributed by atoms with Gasteiger partial charge in [0.2, 0.25) is 0 Å². The van der Waals surface area contributed by atoms with Crippen molar-refractivity contribution < 1.29 is 14.3 Å². The minimum Gasteiger partial charge on any atom is -0.493 e. The zero-order valence-electron chi connectivity index (χ0n) is 18.8. The van der Waals surface area contributed by atoms with Crippen molar-refractivity contribution in [3.8, 4) is 5.75 Å². The molecule has 0 aliphatic heterocycles. The summed E-state index contributed by atoms with van der Waals surface area (Å²) in [5, 5.41) is 6.00. The first-order valence-corrected chi connectivity index (χ1v) is 11.7. The Bertz CT molecular complexity index is 1060. The summed E-state index contributed by atoms with van der Waals surface area (Å²) in [7, 11) is 0. The lowest BCUT2D eigenvalue weighted by Gasteiger charge is -2.22. The second kappa shape index (κ2) is 11.3. The average molecular weight is 443 g/mol. The van der Waals surface area contributed by atoms with Crippen LogP contribution in [0.15, 0.2) is 78.9 Å². The maximum atomic E-state index is 12.7. The zero-order valence-corrected chi connectivity index (χ0v) is 18.8. The normalized spacial score (nSPS) is 13.8. The quantitative estimate of drug-likeness (QED) is 0.476. The molecule has 0 radical (unpaired) electrons. The molecule has 0 heterocycles. The number of amides is 2. The van der Waals surface area contributed by atoms with Crippen molar-refractivity contribution in [3.05, 3.63) is 95.6 Å². The molecule has 4 rings (SSSR count). The van der Waals surface area contributed by atoms with Crippen LogP contribution >= 0.6 is 0 Å². The molecule has 33 heavy (non-hydrogen) atoms. The van der Waals surface area contributed by atoms with E-state index >= 15 is 0 Å². The van der Waals surface area contributed by atoms with Crippen LogP contribution in [0.5, 0.6) is 5.75 Å². The van der Waals surface area contributed by atoms with Gasteiger partial charge in [0.15, 0.2) is 0 Å². The maximum absolute atomic E-state index is 12.7. The van der Waals surface area contributed by atoms with E-state index < -0.39 is 0 Å². The molecule has 0 unspecified atom stereocenters. The second-order valence-electron chi connectivity index (χ2n) is 8.45. The van der Waals surface area contributed by atoms with Crippen LogP contribution in [0.1, 0.15) is 58.4 Å². The molecular weight excluding hydrogens is 412 g/mol. The van der Waals surface area contributed by atoms with Crippen molar-refractivity contribution in [1.82, 2.24) is 5.32 Å². The first-order chi connectivity index (χ1) is 16.2. The van der Waals surface area contributed by atoms with Gasteiger partial charge in [-0.3, -0.25) is 9.59 Å². The summed E-state index contributed by atoms with van der Waals surface area (Å²) in [5.74, 6) is 0.412. The van der Waals surface area contributed by atoms with Gasteiger partial charge < -0.3 is 15.4 Å². The average Bonchev–Trinajstić information content (AvgIpc) is 2.86. The van der Waals surface area contributed by atoms with Crippen LogP contribution in [0.2, 0.25) is 0 Å². The lowest BCUT2D eigenvalue weighted by Crippen LogP contribution is -2.36. The molecule has 5 heteroatoms. The molecule has 2 amide bonds. The van der Waals surface area contributed by atoms with Crippen LogP contribution in [0.4, 0.5) is 5.69 Å². The van der Waals surface area contributed by atoms with Gasteiger partial charge in [0.05, 0.1) is 6.61 Å². The Balaban J connectivity index is 1.29. The van der Waals surface area contributed by atoms with Gasteiger partial charge in [-0.2, -0.15) is 0 Å². The van der Waals surface area contributed by atoms with Crippen LogP contribution in [-0.4, -0.2) is 24.5 Å². The number of carbonyl (C=O) groups excluding carboxylic acids is 2. The Labute approximate surface area is 195 Å². The molecule has 0 saturated heterocycles. The number of rotatable bonds is 8. The van der Waals surface area contributed by atoms with Crippen molar-refractivity contribution in [2.75, 3.05) is 11.9 Å². The molecule has 0 aromatic heterocycles. The van der Waals surface area contributed by atoms with Crippen molar-refractivity contribution in [3.63, 3.8) is 0 Å². The van der Waals surface area contributed by atoms with Crippen molar-refractivity contribution in [2.45, 2.75) is 44.6 Å². The fraction of sp³-hybridized carbons (Fsp3) is 0.286. The van der Waals surface area contributed by atoms with Gasteiger partial charge in [0, 0.05) is 29.3 Å². The fourth-order valence-corrected chi connectivity index (χ4v) is 4.09. The number of carbonyl (C=O) groups is 2. The second-order valence-corrected chi connectivity index (χ2v) is 8.45. The zero-order chi connectivity index (χ0) is 22.9. The molecule has 2 N–H and O–H groups in total. The van der Waals surface area contributed by atoms with E-state index in [1.807, 2.05) is 18.2 Å². The predicted octanol–water partition coefficient (Wildman–Crippen LogP) is 5.62. The summed E-state index contributed by atoms with van der Waals surface area (Å²) in [6.45, 7) is 0.575. The molecule has 170 valence electrons. The van der Waals surface area contributed by atoms with Crippen molar-refractivity contribution >= 4 is 17.5 Å². The Hall–Kier alpha value is -3.60. The van der Waals surface area contributed by atoms with Gasteiger partial charge in [-0.1, -0.05) is 55.7 Å². The molecule has 3 aromatic rings. The predicted molar refractivity (Wildman–Crippen MR) is 131 cm³/mol. The first kappa shape index (κ1) is 22.6. The largest absolute Gasteiger partial charge is 0.493 e. The first-order valence-electron chi connectivity index (χ1n) is 11.7. The Morgan fingerprint density at radius 3 is 2.30 bits per heavy atom. The van der Waals surface area contributed by atoms with Crippen LogP contribution < -0.4 is 15.4 Å². The topological polar surface area (TPSA) is 67.4 Å². The SMILES string of the molecule is O=C(Nc1cccc(C(=O)NC2CCCCC2)c1)c1ccc(OCCc2ccccc2)cc1. The highest BCUT2D eigenvalue weighted by Gasteiger charge is 2.17. The van der Waals surface area contributed by atoms with E-state index in [9.17, 15) is 9.59 Å². The third-order valence-corrected chi connectivity index (χ3v) is 5.94. The van der Waals surface area contributed by atoms with Gasteiger partial charge in [0.1, 0.15) is 5.75 Å². The fourth-order valence-electron chi connectivity index (χ4n) is 4.09. The molecule has 1 aliphatic carbocycles. The summed E-state index contributed by atoms with van der Waals surface area (Å²) < 4.78 is 5.79. The maximum Gasteiger partial charge on any atom is 0.255 e. The van der Waals surface area contributed by atoms with E-state index in [2.05, 4.69) is 22.8 Å². The van der Waals surface area contributed by atoms with E-state index in [1.165, 1.54) is 12.0 Å². The van der Waals surface area contributed by atoms with Crippen molar-refractivity contribution in [2.24, 2.45) is 0 Å². The summed E-state index contributed by atoms with van der Waals surface area (Å²) in [5.41, 5.74) is 2.91. The van der Waals surface area contributed by atoms with Crippen molar-refractivity contribution in [1.29, 1.82) is 0 Å². The lowest BCUT2D eigenvalue weighted by atomic mass is 9.95. The van der Waals surface area contributed by atoms with Gasteiger partial charge in [-0.15, -0.1) is 0 Å². The third-order valence-electron chi connectivity index (χ3n) is 5.94. The van der Waals surface area contributed by atoms with E-state index in [4.69, 9.17) is 4.74 Å². The van der Waals surface area contributed by atoms with Gasteiger partial charge in [-0.05, 0) is 60.9 Å². The molecular formula is C28H30N2O3. The molecule has 1 fully saturated rings. The molecule has 0 spiro atoms.